The highest BCUT2D eigenvalue weighted by molar-refractivity contribution is 9.10. The first-order chi connectivity index (χ1) is 10.9. The molecule has 1 aromatic carbocycles. The lowest BCUT2D eigenvalue weighted by molar-refractivity contribution is 0.0602. The number of amides is 2. The second-order valence-corrected chi connectivity index (χ2v) is 6.50. The fourth-order valence-electron chi connectivity index (χ4n) is 2.57. The van der Waals surface area contributed by atoms with Gasteiger partial charge < -0.3 is 0 Å². The van der Waals surface area contributed by atoms with Crippen LogP contribution in [0.1, 0.15) is 38.9 Å². The van der Waals surface area contributed by atoms with Gasteiger partial charge in [-0.3, -0.25) is 19.7 Å². The average Bonchev–Trinajstić information content (AvgIpc) is 2.98. The lowest BCUT2D eigenvalue weighted by Crippen LogP contribution is -2.42. The highest BCUT2D eigenvalue weighted by atomic mass is 79.9. The van der Waals surface area contributed by atoms with Gasteiger partial charge in [0.05, 0.1) is 12.2 Å². The third kappa shape index (κ3) is 2.74. The first-order valence-corrected chi connectivity index (χ1v) is 8.22. The summed E-state index contributed by atoms with van der Waals surface area (Å²) in [4.78, 5) is 24.9. The Morgan fingerprint density at radius 1 is 1.48 bits per heavy atom. The van der Waals surface area contributed by atoms with Crippen LogP contribution in [-0.4, -0.2) is 26.6 Å². The Labute approximate surface area is 146 Å². The molecule has 0 bridgehead atoms. The summed E-state index contributed by atoms with van der Waals surface area (Å²) in [6.45, 7) is 2.22. The molecule has 1 aromatic heterocycles. The minimum Gasteiger partial charge on any atom is -0.267 e. The van der Waals surface area contributed by atoms with E-state index >= 15 is 0 Å². The zero-order valence-corrected chi connectivity index (χ0v) is 14.9. The van der Waals surface area contributed by atoms with Crippen molar-refractivity contribution in [1.29, 1.82) is 0 Å². The molecule has 2 amide bonds. The van der Waals surface area contributed by atoms with Gasteiger partial charge in [-0.2, -0.15) is 5.10 Å². The predicted molar refractivity (Wildman–Crippen MR) is 89.1 cm³/mol. The molecule has 2 heterocycles. The maximum atomic E-state index is 12.5. The molecule has 0 spiro atoms. The summed E-state index contributed by atoms with van der Waals surface area (Å²) >= 11 is 9.49. The van der Waals surface area contributed by atoms with Crippen molar-refractivity contribution >= 4 is 39.3 Å². The number of rotatable bonds is 3. The van der Waals surface area contributed by atoms with Crippen LogP contribution in [0.15, 0.2) is 22.7 Å². The standard InChI is InChI=1S/C15H14BrClN4O2/c1-3-11-12(13(17)20(2)18-11)14(22)19-21-7-8-4-5-9(16)6-10(8)15(21)23/h4-6H,3,7H2,1-2H3,(H,19,22). The van der Waals surface area contributed by atoms with Gasteiger partial charge in [0.25, 0.3) is 11.8 Å². The minimum absolute atomic E-state index is 0.243. The number of hydrazine groups is 1. The number of nitrogens with one attached hydrogen (secondary N) is 1. The topological polar surface area (TPSA) is 67.2 Å². The van der Waals surface area contributed by atoms with Gasteiger partial charge in [0.2, 0.25) is 0 Å². The van der Waals surface area contributed by atoms with E-state index in [4.69, 9.17) is 11.6 Å². The number of benzene rings is 1. The molecule has 0 aliphatic carbocycles. The second-order valence-electron chi connectivity index (χ2n) is 5.22. The van der Waals surface area contributed by atoms with Gasteiger partial charge in [0.15, 0.2) is 0 Å². The Morgan fingerprint density at radius 2 is 2.22 bits per heavy atom. The van der Waals surface area contributed by atoms with Crippen molar-refractivity contribution < 1.29 is 9.59 Å². The third-order valence-corrected chi connectivity index (χ3v) is 4.65. The van der Waals surface area contributed by atoms with Crippen LogP contribution in [0, 0.1) is 0 Å². The Hall–Kier alpha value is -1.86. The summed E-state index contributed by atoms with van der Waals surface area (Å²) in [5, 5.41) is 5.76. The fraction of sp³-hybridized carbons (Fsp3) is 0.267. The molecule has 1 aliphatic rings. The van der Waals surface area contributed by atoms with Crippen LogP contribution in [0.25, 0.3) is 0 Å². The van der Waals surface area contributed by atoms with Crippen molar-refractivity contribution in [3.63, 3.8) is 0 Å². The molecule has 0 radical (unpaired) electrons. The SMILES string of the molecule is CCc1nn(C)c(Cl)c1C(=O)NN1Cc2ccc(Br)cc2C1=O. The normalized spacial score (nSPS) is 13.4. The van der Waals surface area contributed by atoms with E-state index in [1.807, 2.05) is 19.1 Å². The van der Waals surface area contributed by atoms with Crippen molar-refractivity contribution in [2.24, 2.45) is 7.05 Å². The van der Waals surface area contributed by atoms with Gasteiger partial charge in [0, 0.05) is 17.1 Å². The molecule has 0 unspecified atom stereocenters. The van der Waals surface area contributed by atoms with Gasteiger partial charge in [-0.05, 0) is 24.1 Å². The molecule has 0 fully saturated rings. The van der Waals surface area contributed by atoms with E-state index in [1.165, 1.54) is 9.69 Å². The summed E-state index contributed by atoms with van der Waals surface area (Å²) in [6.07, 6.45) is 0.574. The monoisotopic (exact) mass is 396 g/mol. The zero-order valence-electron chi connectivity index (χ0n) is 12.6. The molecular weight excluding hydrogens is 384 g/mol. The van der Waals surface area contributed by atoms with Crippen LogP contribution < -0.4 is 5.43 Å². The van der Waals surface area contributed by atoms with Crippen molar-refractivity contribution in [2.75, 3.05) is 0 Å². The third-order valence-electron chi connectivity index (χ3n) is 3.72. The van der Waals surface area contributed by atoms with E-state index in [-0.39, 0.29) is 11.1 Å². The lowest BCUT2D eigenvalue weighted by atomic mass is 10.1. The number of fused-ring (bicyclic) bond motifs is 1. The molecular formula is C15H14BrClN4O2. The van der Waals surface area contributed by atoms with Crippen LogP contribution in [0.5, 0.6) is 0 Å². The molecule has 1 aliphatic heterocycles. The van der Waals surface area contributed by atoms with E-state index in [0.29, 0.717) is 29.8 Å². The van der Waals surface area contributed by atoms with E-state index in [0.717, 1.165) is 10.0 Å². The Balaban J connectivity index is 1.84. The number of hydrogen-bond acceptors (Lipinski definition) is 3. The molecule has 0 saturated heterocycles. The first-order valence-electron chi connectivity index (χ1n) is 7.05. The zero-order chi connectivity index (χ0) is 16.7. The van der Waals surface area contributed by atoms with Crippen LogP contribution in [0.4, 0.5) is 0 Å². The van der Waals surface area contributed by atoms with Gasteiger partial charge in [0.1, 0.15) is 10.7 Å². The number of hydrogen-bond donors (Lipinski definition) is 1. The molecule has 6 nitrogen and oxygen atoms in total. The van der Waals surface area contributed by atoms with Crippen LogP contribution in [0.3, 0.4) is 0 Å². The molecule has 120 valence electrons. The first kappa shape index (κ1) is 16.0. The Kier molecular flexibility index (Phi) is 4.16. The molecule has 23 heavy (non-hydrogen) atoms. The number of halogens is 2. The fourth-order valence-corrected chi connectivity index (χ4v) is 3.16. The second kappa shape index (κ2) is 5.98. The maximum absolute atomic E-state index is 12.5. The quantitative estimate of drug-likeness (QED) is 0.866. The van der Waals surface area contributed by atoms with E-state index in [9.17, 15) is 9.59 Å². The van der Waals surface area contributed by atoms with Crippen molar-refractivity contribution in [3.05, 3.63) is 50.2 Å². The van der Waals surface area contributed by atoms with E-state index in [1.54, 1.807) is 13.1 Å². The number of carbonyl (C=O) groups excluding carboxylic acids is 2. The van der Waals surface area contributed by atoms with Gasteiger partial charge >= 0.3 is 0 Å². The highest BCUT2D eigenvalue weighted by Gasteiger charge is 2.30. The highest BCUT2D eigenvalue weighted by Crippen LogP contribution is 2.26. The maximum Gasteiger partial charge on any atom is 0.274 e. The van der Waals surface area contributed by atoms with E-state index < -0.39 is 5.91 Å². The molecule has 0 atom stereocenters. The predicted octanol–water partition coefficient (Wildman–Crippen LogP) is 2.70. The number of nitrogens with zero attached hydrogens (tertiary/aromatic N) is 3. The summed E-state index contributed by atoms with van der Waals surface area (Å²) in [5.74, 6) is -0.673. The van der Waals surface area contributed by atoms with Gasteiger partial charge in [-0.15, -0.1) is 0 Å². The average molecular weight is 398 g/mol. The summed E-state index contributed by atoms with van der Waals surface area (Å²) in [5.41, 5.74) is 4.98. The van der Waals surface area contributed by atoms with Crippen LogP contribution >= 0.6 is 27.5 Å². The Bertz CT molecular complexity index is 818. The van der Waals surface area contributed by atoms with Crippen LogP contribution in [-0.2, 0) is 20.0 Å². The van der Waals surface area contributed by atoms with Crippen LogP contribution in [0.2, 0.25) is 5.15 Å². The van der Waals surface area contributed by atoms with Crippen molar-refractivity contribution in [2.45, 2.75) is 19.9 Å². The molecule has 3 rings (SSSR count). The lowest BCUT2D eigenvalue weighted by Gasteiger charge is -2.16. The largest absolute Gasteiger partial charge is 0.274 e. The number of aromatic nitrogens is 2. The van der Waals surface area contributed by atoms with E-state index in [2.05, 4.69) is 26.5 Å². The number of aryl methyl sites for hydroxylation is 2. The molecule has 2 aromatic rings. The van der Waals surface area contributed by atoms with Gasteiger partial charge in [-0.25, -0.2) is 5.01 Å². The van der Waals surface area contributed by atoms with Crippen molar-refractivity contribution in [1.82, 2.24) is 20.2 Å². The molecule has 1 N–H and O–H groups in total. The summed E-state index contributed by atoms with van der Waals surface area (Å²) < 4.78 is 2.27. The minimum atomic E-state index is -0.430. The summed E-state index contributed by atoms with van der Waals surface area (Å²) in [6, 6.07) is 5.47. The summed E-state index contributed by atoms with van der Waals surface area (Å²) in [7, 11) is 1.67. The van der Waals surface area contributed by atoms with Crippen molar-refractivity contribution in [3.8, 4) is 0 Å². The molecule has 8 heteroatoms. The Morgan fingerprint density at radius 3 is 2.91 bits per heavy atom. The van der Waals surface area contributed by atoms with Gasteiger partial charge in [-0.1, -0.05) is 40.5 Å². The number of carbonyl (C=O) groups is 2. The molecule has 0 saturated carbocycles. The smallest absolute Gasteiger partial charge is 0.267 e.